The third-order valence-corrected chi connectivity index (χ3v) is 11.9. The van der Waals surface area contributed by atoms with E-state index in [1.165, 1.54) is 83.5 Å². The molecule has 0 aromatic heterocycles. The molecule has 2 unspecified atom stereocenters. The maximum Gasteiger partial charge on any atom is 0.306 e. The SMILES string of the molecule is CC/C=C/C/C=C/C/C=C/C/C=C/C/C=C/CCCCCC(=O)OC[C@H](CO[C@H]1O[C@H](CS(=O)(=O)O)[C@@H](O)C(O)C1O)OC(=O)CCCCCCCCCCCCCCCCCCC. The van der Waals surface area contributed by atoms with Crippen LogP contribution in [-0.2, 0) is 38.7 Å². The van der Waals surface area contributed by atoms with Crippen LogP contribution < -0.4 is 0 Å². The van der Waals surface area contributed by atoms with Crippen LogP contribution in [0.15, 0.2) is 60.8 Å². The minimum absolute atomic E-state index is 0.158. The van der Waals surface area contributed by atoms with Crippen molar-refractivity contribution in [2.75, 3.05) is 19.0 Å². The van der Waals surface area contributed by atoms with Crippen LogP contribution in [0.25, 0.3) is 0 Å². The van der Waals surface area contributed by atoms with E-state index in [9.17, 15) is 37.9 Å². The Bertz CT molecular complexity index is 1410. The highest BCUT2D eigenvalue weighted by Crippen LogP contribution is 2.24. The quantitative estimate of drug-likeness (QED) is 0.0197. The molecule has 0 spiro atoms. The molecule has 1 fully saturated rings. The second kappa shape index (κ2) is 40.6. The van der Waals surface area contributed by atoms with Gasteiger partial charge in [0.1, 0.15) is 36.8 Å². The van der Waals surface area contributed by atoms with Gasteiger partial charge in [-0.05, 0) is 57.8 Å². The minimum atomic E-state index is -4.61. The van der Waals surface area contributed by atoms with Crippen LogP contribution >= 0.6 is 0 Å². The first-order chi connectivity index (χ1) is 31.0. The third-order valence-electron chi connectivity index (χ3n) is 11.1. The number of ether oxygens (including phenoxy) is 4. The number of carbonyl (C=O) groups is 2. The number of allylic oxidation sites excluding steroid dienone is 10. The van der Waals surface area contributed by atoms with E-state index in [1.807, 2.05) is 0 Å². The minimum Gasteiger partial charge on any atom is -0.462 e. The largest absolute Gasteiger partial charge is 0.462 e. The van der Waals surface area contributed by atoms with E-state index in [0.29, 0.717) is 12.8 Å². The smallest absolute Gasteiger partial charge is 0.306 e. The summed E-state index contributed by atoms with van der Waals surface area (Å²) in [7, 11) is -4.61. The maximum absolute atomic E-state index is 12.9. The van der Waals surface area contributed by atoms with E-state index in [2.05, 4.69) is 74.6 Å². The van der Waals surface area contributed by atoms with Gasteiger partial charge in [-0.2, -0.15) is 8.42 Å². The van der Waals surface area contributed by atoms with Crippen molar-refractivity contribution >= 4 is 22.1 Å². The average molecular weight is 925 g/mol. The number of aliphatic hydroxyl groups is 3. The van der Waals surface area contributed by atoms with E-state index < -0.39 is 71.2 Å². The first kappa shape index (κ1) is 59.4. The molecule has 0 bridgehead atoms. The fourth-order valence-corrected chi connectivity index (χ4v) is 7.98. The molecule has 0 saturated carbocycles. The lowest BCUT2D eigenvalue weighted by molar-refractivity contribution is -0.297. The molecule has 4 N–H and O–H groups in total. The predicted octanol–water partition coefficient (Wildman–Crippen LogP) is 10.9. The van der Waals surface area contributed by atoms with Gasteiger partial charge in [0, 0.05) is 12.8 Å². The Balaban J connectivity index is 2.42. The van der Waals surface area contributed by atoms with E-state index >= 15 is 0 Å². The third kappa shape index (κ3) is 34.7. The van der Waals surface area contributed by atoms with E-state index in [0.717, 1.165) is 70.6 Å². The number of unbranched alkanes of at least 4 members (excludes halogenated alkanes) is 19. The van der Waals surface area contributed by atoms with Gasteiger partial charge in [-0.25, -0.2) is 0 Å². The van der Waals surface area contributed by atoms with Crippen LogP contribution in [0, 0.1) is 0 Å². The van der Waals surface area contributed by atoms with Gasteiger partial charge in [-0.3, -0.25) is 14.1 Å². The predicted molar refractivity (Wildman–Crippen MR) is 256 cm³/mol. The van der Waals surface area contributed by atoms with Crippen molar-refractivity contribution in [2.24, 2.45) is 0 Å². The molecule has 0 aromatic rings. The molecule has 1 rings (SSSR count). The van der Waals surface area contributed by atoms with Crippen molar-refractivity contribution in [1.82, 2.24) is 0 Å². The molecule has 0 aliphatic carbocycles. The molecule has 0 radical (unpaired) electrons. The summed E-state index contributed by atoms with van der Waals surface area (Å²) in [6.07, 6.45) is 41.1. The second-order valence-electron chi connectivity index (χ2n) is 17.1. The summed E-state index contributed by atoms with van der Waals surface area (Å²) >= 11 is 0. The summed E-state index contributed by atoms with van der Waals surface area (Å²) in [5.74, 6) is -2.02. The van der Waals surface area contributed by atoms with Gasteiger partial charge in [0.25, 0.3) is 10.1 Å². The standard InChI is InChI=1S/C51H88O12S/c1-3-5-7-9-11-13-15-17-19-21-22-24-25-27-29-31-33-35-37-39-46(52)60-41-44(42-61-51-50(56)49(55)48(54)45(63-51)43-64(57,58)59)62-47(53)40-38-36-34-32-30-28-26-23-20-18-16-14-12-10-8-6-4-2/h5,7,11,13,17,19,22,24,27,29,44-45,48-51,54-56H,3-4,6,8-10,12,14-16,18,20-21,23,25-26,28,30-43H2,1-2H3,(H,57,58,59)/b7-5+,13-11+,19-17+,24-22+,29-27+/t44-,45-,48-,49?,50?,51+/m1/s1. The number of carbonyl (C=O) groups excluding carboxylic acids is 2. The normalized spacial score (nSPS) is 20.1. The van der Waals surface area contributed by atoms with Gasteiger partial charge in [0.2, 0.25) is 0 Å². The maximum atomic E-state index is 12.9. The molecule has 12 nitrogen and oxygen atoms in total. The molecule has 1 aliphatic heterocycles. The monoisotopic (exact) mass is 925 g/mol. The molecule has 1 saturated heterocycles. The second-order valence-corrected chi connectivity index (χ2v) is 18.6. The lowest BCUT2D eigenvalue weighted by atomic mass is 10.00. The van der Waals surface area contributed by atoms with Crippen LogP contribution in [0.5, 0.6) is 0 Å². The fourth-order valence-electron chi connectivity index (χ4n) is 7.29. The van der Waals surface area contributed by atoms with Crippen LogP contribution in [0.3, 0.4) is 0 Å². The van der Waals surface area contributed by atoms with Crippen molar-refractivity contribution in [3.05, 3.63) is 60.8 Å². The molecular weight excluding hydrogens is 837 g/mol. The number of aliphatic hydroxyl groups excluding tert-OH is 3. The highest BCUT2D eigenvalue weighted by molar-refractivity contribution is 7.85. The Labute approximate surface area is 387 Å². The molecule has 370 valence electrons. The van der Waals surface area contributed by atoms with Crippen LogP contribution in [0.1, 0.15) is 194 Å². The number of hydrogen-bond donors (Lipinski definition) is 4. The molecule has 13 heteroatoms. The van der Waals surface area contributed by atoms with Crippen molar-refractivity contribution in [3.8, 4) is 0 Å². The van der Waals surface area contributed by atoms with Gasteiger partial charge in [0.15, 0.2) is 12.4 Å². The van der Waals surface area contributed by atoms with Gasteiger partial charge in [0.05, 0.1) is 6.61 Å². The Morgan fingerprint density at radius 3 is 1.47 bits per heavy atom. The van der Waals surface area contributed by atoms with E-state index in [4.69, 9.17) is 18.9 Å². The van der Waals surface area contributed by atoms with Gasteiger partial charge < -0.3 is 34.3 Å². The zero-order chi connectivity index (χ0) is 46.9. The summed E-state index contributed by atoms with van der Waals surface area (Å²) in [5, 5.41) is 30.9. The molecule has 0 amide bonds. The zero-order valence-corrected chi connectivity index (χ0v) is 40.4. The molecular formula is C51H88O12S. The highest BCUT2D eigenvalue weighted by Gasteiger charge is 2.46. The summed E-state index contributed by atoms with van der Waals surface area (Å²) in [4.78, 5) is 25.5. The van der Waals surface area contributed by atoms with Gasteiger partial charge in [-0.1, -0.05) is 184 Å². The van der Waals surface area contributed by atoms with Crippen LogP contribution in [-0.4, -0.2) is 96.0 Å². The molecule has 64 heavy (non-hydrogen) atoms. The lowest BCUT2D eigenvalue weighted by Gasteiger charge is -2.40. The summed E-state index contributed by atoms with van der Waals surface area (Å²) in [6.45, 7) is 3.64. The molecule has 6 atom stereocenters. The topological polar surface area (TPSA) is 186 Å². The molecule has 1 aliphatic rings. The summed E-state index contributed by atoms with van der Waals surface area (Å²) < 4.78 is 54.2. The van der Waals surface area contributed by atoms with Crippen molar-refractivity contribution < 1.29 is 56.8 Å². The lowest BCUT2D eigenvalue weighted by Crippen LogP contribution is -2.60. The summed E-state index contributed by atoms with van der Waals surface area (Å²) in [5.41, 5.74) is 0. The van der Waals surface area contributed by atoms with Crippen LogP contribution in [0.2, 0.25) is 0 Å². The average Bonchev–Trinajstić information content (AvgIpc) is 3.26. The first-order valence-corrected chi connectivity index (χ1v) is 26.5. The van der Waals surface area contributed by atoms with Crippen LogP contribution in [0.4, 0.5) is 0 Å². The Kier molecular flexibility index (Phi) is 37.7. The number of hydrogen-bond acceptors (Lipinski definition) is 11. The van der Waals surface area contributed by atoms with Gasteiger partial charge in [-0.15, -0.1) is 0 Å². The molecule has 1 heterocycles. The van der Waals surface area contributed by atoms with Crippen molar-refractivity contribution in [2.45, 2.75) is 230 Å². The fraction of sp³-hybridized carbons (Fsp3) is 0.765. The Morgan fingerprint density at radius 2 is 0.984 bits per heavy atom. The molecule has 0 aromatic carbocycles. The van der Waals surface area contributed by atoms with Crippen molar-refractivity contribution in [1.29, 1.82) is 0 Å². The zero-order valence-electron chi connectivity index (χ0n) is 39.6. The van der Waals surface area contributed by atoms with Crippen molar-refractivity contribution in [3.63, 3.8) is 0 Å². The first-order valence-electron chi connectivity index (χ1n) is 24.8. The number of esters is 2. The summed E-state index contributed by atoms with van der Waals surface area (Å²) in [6, 6.07) is 0. The Morgan fingerprint density at radius 1 is 0.547 bits per heavy atom. The van der Waals surface area contributed by atoms with E-state index in [1.54, 1.807) is 0 Å². The highest BCUT2D eigenvalue weighted by atomic mass is 32.2. The Hall–Kier alpha value is -2.65. The van der Waals surface area contributed by atoms with E-state index in [-0.39, 0.29) is 19.4 Å². The number of rotatable bonds is 41. The van der Waals surface area contributed by atoms with Gasteiger partial charge >= 0.3 is 11.9 Å².